The molecule has 0 aromatic carbocycles. The van der Waals surface area contributed by atoms with E-state index in [1.807, 2.05) is 6.92 Å². The highest BCUT2D eigenvalue weighted by Gasteiger charge is 2.74. The van der Waals surface area contributed by atoms with Crippen LogP contribution in [0.5, 0.6) is 0 Å². The van der Waals surface area contributed by atoms with E-state index in [4.69, 9.17) is 56.8 Å². The van der Waals surface area contributed by atoms with Gasteiger partial charge in [-0.25, -0.2) is 0 Å². The molecule has 11 rings (SSSR count). The summed E-state index contributed by atoms with van der Waals surface area (Å²) >= 11 is 0. The van der Waals surface area contributed by atoms with Crippen molar-refractivity contribution in [2.75, 3.05) is 39.6 Å². The van der Waals surface area contributed by atoms with E-state index in [9.17, 15) is 102 Å². The van der Waals surface area contributed by atoms with Crippen molar-refractivity contribution < 1.29 is 164 Å². The van der Waals surface area contributed by atoms with Crippen molar-refractivity contribution in [3.05, 3.63) is 11.6 Å². The lowest BCUT2D eigenvalue weighted by atomic mass is 9.32. The summed E-state index contributed by atoms with van der Waals surface area (Å²) in [4.78, 5) is 15.5. The Morgan fingerprint density at radius 1 is 0.520 bits per heavy atom. The molecule has 11 aliphatic rings. The van der Waals surface area contributed by atoms with Gasteiger partial charge in [0.25, 0.3) is 0 Å². The van der Waals surface area contributed by atoms with E-state index in [0.717, 1.165) is 5.57 Å². The molecule has 33 heteroatoms. The normalized spacial score (nSPS) is 55.0. The van der Waals surface area contributed by atoms with Gasteiger partial charge >= 0.3 is 5.97 Å². The summed E-state index contributed by atoms with van der Waals surface area (Å²) in [6.07, 6.45) is -46.6. The molecule has 0 amide bonds. The molecule has 0 radical (unpaired) electrons. The van der Waals surface area contributed by atoms with Gasteiger partial charge in [0.05, 0.1) is 64.1 Å². The molecule has 20 N–H and O–H groups in total. The zero-order chi connectivity index (χ0) is 71.6. The molecule has 0 aromatic rings. The molecular formula is C65H106O33. The summed E-state index contributed by atoms with van der Waals surface area (Å²) in [5.41, 5.74) is -4.48. The van der Waals surface area contributed by atoms with Gasteiger partial charge in [-0.2, -0.15) is 0 Å². The van der Waals surface area contributed by atoms with Crippen LogP contribution in [0.4, 0.5) is 0 Å². The number of carbonyl (C=O) groups excluding carboxylic acids is 1. The van der Waals surface area contributed by atoms with E-state index in [1.54, 1.807) is 0 Å². The maximum Gasteiger partial charge on any atom is 0.317 e. The first-order valence-corrected chi connectivity index (χ1v) is 34.4. The molecule has 5 aliphatic carbocycles. The summed E-state index contributed by atoms with van der Waals surface area (Å²) in [7, 11) is 0. The molecule has 6 saturated heterocycles. The van der Waals surface area contributed by atoms with Gasteiger partial charge in [-0.15, -0.1) is 0 Å². The van der Waals surface area contributed by atoms with Crippen molar-refractivity contribution in [3.63, 3.8) is 0 Å². The van der Waals surface area contributed by atoms with E-state index in [0.29, 0.717) is 32.1 Å². The number of aliphatic hydroxyl groups excluding tert-OH is 20. The summed E-state index contributed by atoms with van der Waals surface area (Å²) in [6, 6.07) is 0. The molecule has 10 fully saturated rings. The Bertz CT molecular complexity index is 2750. The Kier molecular flexibility index (Phi) is 22.8. The van der Waals surface area contributed by atoms with E-state index < -0.39 is 269 Å². The van der Waals surface area contributed by atoms with E-state index >= 15 is 4.79 Å². The molecule has 98 heavy (non-hydrogen) atoms. The van der Waals surface area contributed by atoms with Gasteiger partial charge in [-0.1, -0.05) is 53.2 Å². The third-order valence-electron chi connectivity index (χ3n) is 25.3. The lowest BCUT2D eigenvalue weighted by Crippen LogP contribution is -2.71. The standard InChI is InChI=1S/C65H106O33/c1-8-64(23-67)34-11-12-62(6)33(61(34,5)16-27(68)52(64)97-57-48(84)43(79)40(76)32(94-57)22-90-54-47(83)42(78)39(75)31(93-54)21-89-53-46(82)41(77)38(74)30(18-66)92-53)10-9-25-26-15-60(3,4)13-14-65(26,35(71)17-63(25,62)7)59(86)98-58-51(37(73)29(70)20-88-58)96-56-49(85)44(80)50(24(2)91-56)95-55-45(81)36(72)28(69)19-87-55/h9,24,26-58,66-85H,8,10-23H2,1-7H3. The SMILES string of the molecule is CCC1(CO)C(OC2OC(COC3OC(COC4OC(CO)C(O)C(O)C4O)C(O)C(O)C3O)C(O)C(O)C2O)C(O)CC2(C)C1CCC1(C)C2CC=C2C3CC(C)(C)CCC3(C(=O)OC3OCC(O)C(O)C3OC3OC(C)C(OC4OCC(O)C(O)C4O)C(O)C3O)C(O)CC21C. The van der Waals surface area contributed by atoms with Gasteiger partial charge in [0.2, 0.25) is 6.29 Å². The van der Waals surface area contributed by atoms with Crippen LogP contribution in [0.1, 0.15) is 106 Å². The molecule has 0 bridgehead atoms. The Balaban J connectivity index is 0.788. The fourth-order valence-electron chi connectivity index (χ4n) is 19.3. The third-order valence-corrected chi connectivity index (χ3v) is 25.3. The topological polar surface area (TPSA) is 532 Å². The average molecular weight is 1420 g/mol. The van der Waals surface area contributed by atoms with E-state index in [2.05, 4.69) is 40.7 Å². The minimum Gasteiger partial charge on any atom is -0.432 e. The molecular weight excluding hydrogens is 1310 g/mol. The first-order valence-electron chi connectivity index (χ1n) is 34.4. The number of fused-ring (bicyclic) bond motifs is 7. The average Bonchev–Trinajstić information content (AvgIpc) is 0.669. The monoisotopic (exact) mass is 1410 g/mol. The van der Waals surface area contributed by atoms with Crippen molar-refractivity contribution >= 4 is 5.97 Å². The Morgan fingerprint density at radius 3 is 1.63 bits per heavy atom. The van der Waals surface area contributed by atoms with Crippen molar-refractivity contribution in [2.24, 2.45) is 50.2 Å². The lowest BCUT2D eigenvalue weighted by molar-refractivity contribution is -0.369. The second kappa shape index (κ2) is 29.0. The van der Waals surface area contributed by atoms with Crippen LogP contribution < -0.4 is 0 Å². The van der Waals surface area contributed by atoms with Crippen LogP contribution in [0.25, 0.3) is 0 Å². The Hall–Kier alpha value is -2.03. The van der Waals surface area contributed by atoms with Crippen molar-refractivity contribution in [1.82, 2.24) is 0 Å². The number of allylic oxidation sites excluding steroid dienone is 2. The summed E-state index contributed by atoms with van der Waals surface area (Å²) < 4.78 is 70.4. The second-order valence-electron chi connectivity index (χ2n) is 31.2. The molecule has 39 atom stereocenters. The molecule has 564 valence electrons. The highest BCUT2D eigenvalue weighted by molar-refractivity contribution is 5.80. The smallest absolute Gasteiger partial charge is 0.317 e. The zero-order valence-corrected chi connectivity index (χ0v) is 56.1. The fraction of sp³-hybridized carbons (Fsp3) is 0.954. The molecule has 4 saturated carbocycles. The zero-order valence-electron chi connectivity index (χ0n) is 56.1. The van der Waals surface area contributed by atoms with Crippen LogP contribution in [0, 0.1) is 50.2 Å². The highest BCUT2D eigenvalue weighted by atomic mass is 16.8. The quantitative estimate of drug-likeness (QED) is 0.0366. The maximum absolute atomic E-state index is 15.5. The summed E-state index contributed by atoms with van der Waals surface area (Å²) in [5, 5.41) is 221. The van der Waals surface area contributed by atoms with Crippen LogP contribution >= 0.6 is 0 Å². The van der Waals surface area contributed by atoms with Gasteiger partial charge in [-0.05, 0) is 104 Å². The minimum atomic E-state index is -1.96. The number of rotatable bonds is 17. The minimum absolute atomic E-state index is 0.0765. The van der Waals surface area contributed by atoms with Crippen molar-refractivity contribution in [1.29, 1.82) is 0 Å². The molecule has 6 aliphatic heterocycles. The van der Waals surface area contributed by atoms with Crippen LogP contribution in [-0.4, -0.2) is 338 Å². The second-order valence-corrected chi connectivity index (χ2v) is 31.2. The molecule has 39 unspecified atom stereocenters. The Morgan fingerprint density at radius 2 is 1.04 bits per heavy atom. The number of ether oxygens (including phenoxy) is 12. The first kappa shape index (κ1) is 77.1. The lowest BCUT2D eigenvalue weighted by Gasteiger charge is -2.72. The van der Waals surface area contributed by atoms with Gasteiger partial charge in [0.15, 0.2) is 37.6 Å². The van der Waals surface area contributed by atoms with E-state index in [-0.39, 0.29) is 42.9 Å². The van der Waals surface area contributed by atoms with Crippen molar-refractivity contribution in [3.8, 4) is 0 Å². The molecule has 33 nitrogen and oxygen atoms in total. The van der Waals surface area contributed by atoms with Crippen LogP contribution in [0.15, 0.2) is 11.6 Å². The number of hydrogen-bond acceptors (Lipinski definition) is 33. The fourth-order valence-corrected chi connectivity index (χ4v) is 19.3. The predicted octanol–water partition coefficient (Wildman–Crippen LogP) is -6.78. The number of aliphatic hydroxyl groups is 20. The summed E-state index contributed by atoms with van der Waals surface area (Å²) in [6.45, 7) is 10.2. The number of carbonyl (C=O) groups is 1. The van der Waals surface area contributed by atoms with Gasteiger partial charge in [0, 0.05) is 5.41 Å². The largest absolute Gasteiger partial charge is 0.432 e. The molecule has 6 heterocycles. The highest BCUT2D eigenvalue weighted by Crippen LogP contribution is 2.76. The van der Waals surface area contributed by atoms with Gasteiger partial charge in [-0.3, -0.25) is 4.79 Å². The van der Waals surface area contributed by atoms with Gasteiger partial charge in [0.1, 0.15) is 127 Å². The van der Waals surface area contributed by atoms with Crippen LogP contribution in [-0.2, 0) is 61.6 Å². The third kappa shape index (κ3) is 13.0. The molecule has 0 aromatic heterocycles. The first-order chi connectivity index (χ1) is 46.0. The van der Waals surface area contributed by atoms with Crippen LogP contribution in [0.2, 0.25) is 0 Å². The number of hydrogen-bond donors (Lipinski definition) is 20. The molecule has 0 spiro atoms. The van der Waals surface area contributed by atoms with Gasteiger partial charge < -0.3 is 159 Å². The van der Waals surface area contributed by atoms with Crippen molar-refractivity contribution in [2.45, 2.75) is 297 Å². The number of esters is 1. The van der Waals surface area contributed by atoms with Crippen LogP contribution in [0.3, 0.4) is 0 Å². The van der Waals surface area contributed by atoms with E-state index in [1.165, 1.54) is 6.92 Å². The predicted molar refractivity (Wildman–Crippen MR) is 323 cm³/mol. The maximum atomic E-state index is 15.5. The Labute approximate surface area is 566 Å². The summed E-state index contributed by atoms with van der Waals surface area (Å²) in [5.74, 6) is -2.11.